The summed E-state index contributed by atoms with van der Waals surface area (Å²) in [5.41, 5.74) is 1.88. The van der Waals surface area contributed by atoms with Crippen LogP contribution in [0.15, 0.2) is 60.8 Å². The van der Waals surface area contributed by atoms with Crippen LogP contribution in [-0.4, -0.2) is 30.7 Å². The molecule has 0 radical (unpaired) electrons. The Morgan fingerprint density at radius 2 is 2.03 bits per heavy atom. The second-order valence-corrected chi connectivity index (χ2v) is 6.96. The number of aryl methyl sites for hydroxylation is 1. The Hall–Kier alpha value is -4.60. The van der Waals surface area contributed by atoms with Crippen molar-refractivity contribution < 1.29 is 19.3 Å². The quantitative estimate of drug-likeness (QED) is 0.209. The molecule has 2 N–H and O–H groups in total. The van der Waals surface area contributed by atoms with Crippen molar-refractivity contribution in [1.29, 1.82) is 0 Å². The lowest BCUT2D eigenvalue weighted by molar-refractivity contribution is -0.384. The van der Waals surface area contributed by atoms with E-state index in [4.69, 9.17) is 0 Å². The van der Waals surface area contributed by atoms with E-state index >= 15 is 0 Å². The Kier molecular flexibility index (Phi) is 5.34. The molecular formula is C22H16FN5O4. The molecule has 1 amide bonds. The highest BCUT2D eigenvalue weighted by Crippen LogP contribution is 2.26. The van der Waals surface area contributed by atoms with Gasteiger partial charge in [0, 0.05) is 35.5 Å². The third-order valence-corrected chi connectivity index (χ3v) is 4.67. The molecule has 32 heavy (non-hydrogen) atoms. The summed E-state index contributed by atoms with van der Waals surface area (Å²) in [6, 6.07) is 11.7. The zero-order valence-corrected chi connectivity index (χ0v) is 16.7. The van der Waals surface area contributed by atoms with Crippen LogP contribution in [0.4, 0.5) is 15.9 Å². The molecule has 0 bridgehead atoms. The van der Waals surface area contributed by atoms with Crippen LogP contribution in [0.3, 0.4) is 0 Å². The Balaban J connectivity index is 1.50. The van der Waals surface area contributed by atoms with E-state index < -0.39 is 16.6 Å². The highest BCUT2D eigenvalue weighted by Gasteiger charge is 2.16. The summed E-state index contributed by atoms with van der Waals surface area (Å²) < 4.78 is 14.6. The van der Waals surface area contributed by atoms with Gasteiger partial charge in [-0.05, 0) is 42.8 Å². The first-order chi connectivity index (χ1) is 15.3. The maximum atomic E-state index is 13.8. The molecule has 4 aromatic rings. The molecule has 2 aromatic carbocycles. The van der Waals surface area contributed by atoms with Crippen LogP contribution in [0.2, 0.25) is 0 Å². The SMILES string of the molecule is Cc1ccc(/C=C/C(=O)Nc2ccc(-c3nc4ccc([N+](=O)[O-])cc4n3O)cn2)c(F)c1. The van der Waals surface area contributed by atoms with Crippen LogP contribution in [0, 0.1) is 22.9 Å². The van der Waals surface area contributed by atoms with Gasteiger partial charge in [-0.2, -0.15) is 4.73 Å². The van der Waals surface area contributed by atoms with Crippen LogP contribution >= 0.6 is 0 Å². The largest absolute Gasteiger partial charge is 0.426 e. The zero-order chi connectivity index (χ0) is 22.8. The lowest BCUT2D eigenvalue weighted by Crippen LogP contribution is -2.09. The molecule has 0 saturated carbocycles. The number of anilines is 1. The minimum absolute atomic E-state index is 0.139. The maximum absolute atomic E-state index is 13.8. The normalized spacial score (nSPS) is 11.2. The Morgan fingerprint density at radius 3 is 2.72 bits per heavy atom. The molecule has 9 nitrogen and oxygen atoms in total. The minimum atomic E-state index is -0.563. The fourth-order valence-corrected chi connectivity index (χ4v) is 3.05. The van der Waals surface area contributed by atoms with E-state index in [1.807, 2.05) is 0 Å². The van der Waals surface area contributed by atoms with Crippen LogP contribution in [-0.2, 0) is 4.79 Å². The van der Waals surface area contributed by atoms with Gasteiger partial charge in [0.25, 0.3) is 5.69 Å². The number of halogens is 1. The number of amides is 1. The molecule has 0 saturated heterocycles. The van der Waals surface area contributed by atoms with Gasteiger partial charge < -0.3 is 10.5 Å². The van der Waals surface area contributed by atoms with Crippen molar-refractivity contribution in [3.8, 4) is 11.4 Å². The number of hydrogen-bond acceptors (Lipinski definition) is 6. The number of carbonyl (C=O) groups is 1. The number of aromatic nitrogens is 3. The number of pyridine rings is 1. The number of rotatable bonds is 5. The lowest BCUT2D eigenvalue weighted by atomic mass is 10.1. The third-order valence-electron chi connectivity index (χ3n) is 4.67. The molecule has 0 aliphatic rings. The van der Waals surface area contributed by atoms with Crippen LogP contribution < -0.4 is 5.32 Å². The summed E-state index contributed by atoms with van der Waals surface area (Å²) >= 11 is 0. The van der Waals surface area contributed by atoms with Crippen molar-refractivity contribution in [1.82, 2.24) is 14.7 Å². The van der Waals surface area contributed by atoms with E-state index in [1.54, 1.807) is 25.1 Å². The molecular weight excluding hydrogens is 417 g/mol. The van der Waals surface area contributed by atoms with E-state index in [-0.39, 0.29) is 28.4 Å². The summed E-state index contributed by atoms with van der Waals surface area (Å²) in [5.74, 6) is -0.537. The van der Waals surface area contributed by atoms with Crippen molar-refractivity contribution >= 4 is 34.5 Å². The topological polar surface area (TPSA) is 123 Å². The van der Waals surface area contributed by atoms with Gasteiger partial charge in [0.15, 0.2) is 5.82 Å². The Bertz CT molecular complexity index is 1380. The number of imidazole rings is 1. The van der Waals surface area contributed by atoms with E-state index in [1.165, 1.54) is 48.7 Å². The summed E-state index contributed by atoms with van der Waals surface area (Å²) in [6.07, 6.45) is 3.95. The smallest absolute Gasteiger partial charge is 0.271 e. The summed E-state index contributed by atoms with van der Waals surface area (Å²) in [6.45, 7) is 1.77. The predicted molar refractivity (Wildman–Crippen MR) is 116 cm³/mol. The van der Waals surface area contributed by atoms with Gasteiger partial charge in [-0.15, -0.1) is 0 Å². The fourth-order valence-electron chi connectivity index (χ4n) is 3.05. The molecule has 0 spiro atoms. The minimum Gasteiger partial charge on any atom is -0.426 e. The molecule has 0 aliphatic heterocycles. The Labute approximate surface area is 180 Å². The molecule has 4 rings (SSSR count). The average Bonchev–Trinajstić information content (AvgIpc) is 3.09. The van der Waals surface area contributed by atoms with E-state index in [0.717, 1.165) is 10.3 Å². The highest BCUT2D eigenvalue weighted by molar-refractivity contribution is 6.01. The molecule has 0 atom stereocenters. The maximum Gasteiger partial charge on any atom is 0.271 e. The highest BCUT2D eigenvalue weighted by atomic mass is 19.1. The van der Waals surface area contributed by atoms with Crippen molar-refractivity contribution in [2.24, 2.45) is 0 Å². The van der Waals surface area contributed by atoms with Gasteiger partial charge in [0.2, 0.25) is 5.91 Å². The predicted octanol–water partition coefficient (Wildman–Crippen LogP) is 4.34. The summed E-state index contributed by atoms with van der Waals surface area (Å²) in [5, 5.41) is 23.9. The molecule has 0 unspecified atom stereocenters. The molecule has 160 valence electrons. The van der Waals surface area contributed by atoms with E-state index in [9.17, 15) is 24.5 Å². The van der Waals surface area contributed by atoms with Crippen molar-refractivity contribution in [3.63, 3.8) is 0 Å². The number of benzene rings is 2. The number of carbonyl (C=O) groups excluding carboxylic acids is 1. The number of nitro benzene ring substituents is 1. The average molecular weight is 433 g/mol. The number of hydrogen-bond donors (Lipinski definition) is 2. The van der Waals surface area contributed by atoms with Gasteiger partial charge in [-0.3, -0.25) is 14.9 Å². The number of nitrogens with zero attached hydrogens (tertiary/aromatic N) is 4. The van der Waals surface area contributed by atoms with Gasteiger partial charge in [-0.1, -0.05) is 12.1 Å². The number of fused-ring (bicyclic) bond motifs is 1. The first-order valence-corrected chi connectivity index (χ1v) is 9.39. The van der Waals surface area contributed by atoms with Crippen LogP contribution in [0.1, 0.15) is 11.1 Å². The zero-order valence-electron chi connectivity index (χ0n) is 16.7. The number of non-ortho nitro benzene ring substituents is 1. The third kappa shape index (κ3) is 4.15. The fraction of sp³-hybridized carbons (Fsp3) is 0.0455. The second-order valence-electron chi connectivity index (χ2n) is 6.96. The molecule has 2 aromatic heterocycles. The van der Waals surface area contributed by atoms with E-state index in [0.29, 0.717) is 11.1 Å². The second kappa shape index (κ2) is 8.26. The van der Waals surface area contributed by atoms with E-state index in [2.05, 4.69) is 15.3 Å². The Morgan fingerprint density at radius 1 is 1.22 bits per heavy atom. The van der Waals surface area contributed by atoms with Crippen molar-refractivity contribution in [3.05, 3.63) is 87.9 Å². The molecule has 10 heteroatoms. The lowest BCUT2D eigenvalue weighted by Gasteiger charge is -2.04. The first kappa shape index (κ1) is 20.7. The van der Waals surface area contributed by atoms with Crippen LogP contribution in [0.5, 0.6) is 0 Å². The summed E-state index contributed by atoms with van der Waals surface area (Å²) in [7, 11) is 0. The molecule has 2 heterocycles. The molecule has 0 fully saturated rings. The van der Waals surface area contributed by atoms with Crippen molar-refractivity contribution in [2.45, 2.75) is 6.92 Å². The number of nitro groups is 1. The standard InChI is InChI=1S/C22H16FN5O4/c1-13-2-3-14(17(23)10-13)5-9-21(29)26-20-8-4-15(12-24-20)22-25-18-7-6-16(28(31)32)11-19(18)27(22)30/h2-12,30H,1H3,(H,24,26,29)/b9-5+. The molecule has 0 aliphatic carbocycles. The van der Waals surface area contributed by atoms with Crippen molar-refractivity contribution in [2.75, 3.05) is 5.32 Å². The van der Waals surface area contributed by atoms with Gasteiger partial charge in [-0.25, -0.2) is 14.4 Å². The first-order valence-electron chi connectivity index (χ1n) is 9.39. The van der Waals surface area contributed by atoms with Gasteiger partial charge in [0.05, 0.1) is 10.4 Å². The monoisotopic (exact) mass is 433 g/mol. The summed E-state index contributed by atoms with van der Waals surface area (Å²) in [4.78, 5) is 30.9. The van der Waals surface area contributed by atoms with Crippen LogP contribution in [0.25, 0.3) is 28.5 Å². The van der Waals surface area contributed by atoms with Gasteiger partial charge >= 0.3 is 0 Å². The number of nitrogens with one attached hydrogen (secondary N) is 1. The van der Waals surface area contributed by atoms with Gasteiger partial charge in [0.1, 0.15) is 17.2 Å².